The van der Waals surface area contributed by atoms with E-state index in [1.807, 2.05) is 52.0 Å². The van der Waals surface area contributed by atoms with Crippen molar-refractivity contribution in [2.45, 2.75) is 27.7 Å². The van der Waals surface area contributed by atoms with Crippen molar-refractivity contribution in [2.75, 3.05) is 6.61 Å². The highest BCUT2D eigenvalue weighted by Crippen LogP contribution is 2.19. The zero-order valence-corrected chi connectivity index (χ0v) is 10.9. The van der Waals surface area contributed by atoms with Crippen LogP contribution in [0.1, 0.15) is 27.7 Å². The lowest BCUT2D eigenvalue weighted by Gasteiger charge is -2.05. The normalized spacial score (nSPS) is 13.3. The van der Waals surface area contributed by atoms with Gasteiger partial charge < -0.3 is 10.5 Å². The van der Waals surface area contributed by atoms with Gasteiger partial charge in [0.1, 0.15) is 5.75 Å². The van der Waals surface area contributed by atoms with Gasteiger partial charge in [0.15, 0.2) is 0 Å². The van der Waals surface area contributed by atoms with E-state index in [2.05, 4.69) is 4.99 Å². The van der Waals surface area contributed by atoms with Crippen LogP contribution in [0.2, 0.25) is 0 Å². The van der Waals surface area contributed by atoms with E-state index < -0.39 is 0 Å². The van der Waals surface area contributed by atoms with E-state index in [0.29, 0.717) is 6.61 Å². The minimum Gasteiger partial charge on any atom is -0.494 e. The summed E-state index contributed by atoms with van der Waals surface area (Å²) in [7, 11) is 0. The Balaban J connectivity index is 2.88. The molecule has 1 aromatic carbocycles. The molecule has 0 heterocycles. The molecule has 0 aliphatic carbocycles. The van der Waals surface area contributed by atoms with E-state index in [-0.39, 0.29) is 0 Å². The van der Waals surface area contributed by atoms with Crippen molar-refractivity contribution in [1.29, 1.82) is 0 Å². The highest BCUT2D eigenvalue weighted by atomic mass is 16.5. The first kappa shape index (κ1) is 13.3. The van der Waals surface area contributed by atoms with Crippen LogP contribution in [-0.4, -0.2) is 12.3 Å². The van der Waals surface area contributed by atoms with Crippen LogP contribution in [0.4, 0.5) is 5.69 Å². The SMILES string of the molecule is CCOc1ccc(N=C(C)C(C)=C(C)N)cc1. The minimum atomic E-state index is 0.676. The van der Waals surface area contributed by atoms with Crippen LogP contribution >= 0.6 is 0 Å². The van der Waals surface area contributed by atoms with Gasteiger partial charge in [-0.05, 0) is 57.5 Å². The summed E-state index contributed by atoms with van der Waals surface area (Å²) in [6, 6.07) is 7.72. The summed E-state index contributed by atoms with van der Waals surface area (Å²) >= 11 is 0. The van der Waals surface area contributed by atoms with Crippen LogP contribution in [0.5, 0.6) is 5.75 Å². The van der Waals surface area contributed by atoms with Crippen LogP contribution < -0.4 is 10.5 Å². The van der Waals surface area contributed by atoms with Gasteiger partial charge in [-0.2, -0.15) is 0 Å². The van der Waals surface area contributed by atoms with E-state index in [9.17, 15) is 0 Å². The molecule has 0 unspecified atom stereocenters. The molecule has 0 saturated carbocycles. The molecule has 3 heteroatoms. The number of nitrogens with two attached hydrogens (primary N) is 1. The second-order valence-electron chi connectivity index (χ2n) is 3.93. The summed E-state index contributed by atoms with van der Waals surface area (Å²) in [5.41, 5.74) is 9.41. The summed E-state index contributed by atoms with van der Waals surface area (Å²) in [4.78, 5) is 4.50. The number of ether oxygens (including phenoxy) is 1. The summed E-state index contributed by atoms with van der Waals surface area (Å²) in [6.07, 6.45) is 0. The van der Waals surface area contributed by atoms with E-state index >= 15 is 0 Å². The monoisotopic (exact) mass is 232 g/mol. The fourth-order valence-electron chi connectivity index (χ4n) is 1.35. The van der Waals surface area contributed by atoms with Crippen LogP contribution in [0.15, 0.2) is 40.5 Å². The Morgan fingerprint density at radius 3 is 2.24 bits per heavy atom. The van der Waals surface area contributed by atoms with Crippen molar-refractivity contribution in [3.05, 3.63) is 35.5 Å². The molecule has 0 amide bonds. The molecule has 3 nitrogen and oxygen atoms in total. The van der Waals surface area contributed by atoms with Crippen LogP contribution in [0.25, 0.3) is 0 Å². The fraction of sp³-hybridized carbons (Fsp3) is 0.357. The maximum Gasteiger partial charge on any atom is 0.119 e. The molecule has 2 N–H and O–H groups in total. The smallest absolute Gasteiger partial charge is 0.119 e. The summed E-state index contributed by atoms with van der Waals surface area (Å²) in [5.74, 6) is 0.867. The second kappa shape index (κ2) is 6.09. The van der Waals surface area contributed by atoms with Crippen molar-refractivity contribution < 1.29 is 4.74 Å². The Morgan fingerprint density at radius 1 is 1.18 bits per heavy atom. The Hall–Kier alpha value is -1.77. The Labute approximate surface area is 103 Å². The summed E-state index contributed by atoms with van der Waals surface area (Å²) in [5, 5.41) is 0. The number of benzene rings is 1. The van der Waals surface area contributed by atoms with E-state index in [1.54, 1.807) is 0 Å². The topological polar surface area (TPSA) is 47.6 Å². The standard InChI is InChI=1S/C14H20N2O/c1-5-17-14-8-6-13(7-9-14)16-12(4)10(2)11(3)15/h6-9H,5,15H2,1-4H3. The lowest BCUT2D eigenvalue weighted by atomic mass is 10.1. The molecule has 1 rings (SSSR count). The summed E-state index contributed by atoms with van der Waals surface area (Å²) < 4.78 is 5.37. The quantitative estimate of drug-likeness (QED) is 0.808. The van der Waals surface area contributed by atoms with Crippen molar-refractivity contribution in [1.82, 2.24) is 0 Å². The van der Waals surface area contributed by atoms with Crippen molar-refractivity contribution in [2.24, 2.45) is 10.7 Å². The van der Waals surface area contributed by atoms with E-state index in [4.69, 9.17) is 10.5 Å². The Bertz CT molecular complexity index is 426. The molecule has 17 heavy (non-hydrogen) atoms. The third kappa shape index (κ3) is 3.94. The lowest BCUT2D eigenvalue weighted by Crippen LogP contribution is -2.02. The van der Waals surface area contributed by atoms with E-state index in [1.165, 1.54) is 0 Å². The molecule has 0 atom stereocenters. The molecule has 92 valence electrons. The molecule has 0 radical (unpaired) electrons. The average Bonchev–Trinajstić information content (AvgIpc) is 2.30. The molecule has 0 aliphatic rings. The first-order chi connectivity index (χ1) is 8.04. The van der Waals surface area contributed by atoms with Crippen LogP contribution in [-0.2, 0) is 0 Å². The number of aliphatic imine (C=N–C) groups is 1. The first-order valence-electron chi connectivity index (χ1n) is 5.76. The van der Waals surface area contributed by atoms with Crippen LogP contribution in [0.3, 0.4) is 0 Å². The molecular weight excluding hydrogens is 212 g/mol. The molecule has 0 fully saturated rings. The van der Waals surface area contributed by atoms with Crippen molar-refractivity contribution in [3.8, 4) is 5.75 Å². The number of hydrogen-bond donors (Lipinski definition) is 1. The average molecular weight is 232 g/mol. The Morgan fingerprint density at radius 2 is 1.76 bits per heavy atom. The fourth-order valence-corrected chi connectivity index (χ4v) is 1.35. The van der Waals surface area contributed by atoms with Gasteiger partial charge in [0.2, 0.25) is 0 Å². The molecular formula is C14H20N2O. The second-order valence-corrected chi connectivity index (χ2v) is 3.93. The molecule has 0 bridgehead atoms. The maximum atomic E-state index is 5.73. The molecule has 0 saturated heterocycles. The Kier molecular flexibility index (Phi) is 4.76. The molecule has 0 aliphatic heterocycles. The zero-order chi connectivity index (χ0) is 12.8. The van der Waals surface area contributed by atoms with Gasteiger partial charge in [-0.15, -0.1) is 0 Å². The molecule has 1 aromatic rings. The largest absolute Gasteiger partial charge is 0.494 e. The van der Waals surface area contributed by atoms with Gasteiger partial charge >= 0.3 is 0 Å². The molecule has 0 spiro atoms. The number of hydrogen-bond acceptors (Lipinski definition) is 3. The third-order valence-electron chi connectivity index (χ3n) is 2.58. The van der Waals surface area contributed by atoms with Gasteiger partial charge in [0, 0.05) is 11.4 Å². The number of allylic oxidation sites excluding steroid dienone is 2. The van der Waals surface area contributed by atoms with Gasteiger partial charge in [0.25, 0.3) is 0 Å². The highest BCUT2D eigenvalue weighted by molar-refractivity contribution is 5.99. The highest BCUT2D eigenvalue weighted by Gasteiger charge is 1.99. The number of rotatable bonds is 4. The minimum absolute atomic E-state index is 0.676. The van der Waals surface area contributed by atoms with Gasteiger partial charge in [-0.25, -0.2) is 0 Å². The molecule has 0 aromatic heterocycles. The van der Waals surface area contributed by atoms with Gasteiger partial charge in [-0.1, -0.05) is 0 Å². The first-order valence-corrected chi connectivity index (χ1v) is 5.76. The van der Waals surface area contributed by atoms with Crippen LogP contribution in [0, 0.1) is 0 Å². The van der Waals surface area contributed by atoms with Gasteiger partial charge in [-0.3, -0.25) is 4.99 Å². The predicted molar refractivity (Wildman–Crippen MR) is 72.9 cm³/mol. The third-order valence-corrected chi connectivity index (χ3v) is 2.58. The maximum absolute atomic E-state index is 5.73. The lowest BCUT2D eigenvalue weighted by molar-refractivity contribution is 0.340. The van der Waals surface area contributed by atoms with Crippen molar-refractivity contribution >= 4 is 11.4 Å². The van der Waals surface area contributed by atoms with Gasteiger partial charge in [0.05, 0.1) is 12.3 Å². The zero-order valence-electron chi connectivity index (χ0n) is 10.9. The van der Waals surface area contributed by atoms with E-state index in [0.717, 1.165) is 28.4 Å². The number of nitrogens with zero attached hydrogens (tertiary/aromatic N) is 1. The predicted octanol–water partition coefficient (Wildman–Crippen LogP) is 3.43. The summed E-state index contributed by atoms with van der Waals surface area (Å²) in [6.45, 7) is 8.46. The van der Waals surface area contributed by atoms with Crippen molar-refractivity contribution in [3.63, 3.8) is 0 Å².